The largest absolute Gasteiger partial charge is 0.449 e. The SMILES string of the molecule is CCCCCN(CCC)Cc1cccc(C[n+]2c[nH]c3c(N)nc(OCCOC)nc32)c1. The summed E-state index contributed by atoms with van der Waals surface area (Å²) in [5.74, 6) is 0.372. The van der Waals surface area contributed by atoms with E-state index in [0.29, 0.717) is 31.1 Å². The van der Waals surface area contributed by atoms with Crippen molar-refractivity contribution in [2.45, 2.75) is 52.6 Å². The quantitative estimate of drug-likeness (QED) is 0.295. The fourth-order valence-corrected chi connectivity index (χ4v) is 3.85. The standard InChI is InChI=1S/C24H36N6O2/c1-4-6-7-12-29(11-5-2)16-19-9-8-10-20(15-19)17-30-18-26-21-22(25)27-24(28-23(21)30)32-14-13-31-3/h8-10,15,18H,4-7,11-14,16-17H2,1-3H3,(H2,25,27,28)/p+1. The molecule has 0 aliphatic carbocycles. The number of aromatic amines is 1. The molecule has 8 nitrogen and oxygen atoms in total. The van der Waals surface area contributed by atoms with Crippen molar-refractivity contribution in [2.24, 2.45) is 0 Å². The highest BCUT2D eigenvalue weighted by atomic mass is 16.5. The molecule has 2 aromatic heterocycles. The fraction of sp³-hybridized carbons (Fsp3) is 0.542. The highest BCUT2D eigenvalue weighted by Gasteiger charge is 2.19. The Hall–Kier alpha value is -2.71. The number of nitrogens with one attached hydrogen (secondary N) is 1. The third-order valence-electron chi connectivity index (χ3n) is 5.42. The van der Waals surface area contributed by atoms with Crippen LogP contribution in [0.1, 0.15) is 50.7 Å². The molecule has 0 saturated heterocycles. The number of methoxy groups -OCH3 is 1. The van der Waals surface area contributed by atoms with E-state index in [0.717, 1.165) is 25.3 Å². The predicted octanol–water partition coefficient (Wildman–Crippen LogP) is 3.30. The summed E-state index contributed by atoms with van der Waals surface area (Å²) in [5.41, 5.74) is 10.1. The molecule has 0 aliphatic heterocycles. The van der Waals surface area contributed by atoms with Crippen molar-refractivity contribution in [2.75, 3.05) is 39.1 Å². The van der Waals surface area contributed by atoms with E-state index in [2.05, 4.69) is 58.0 Å². The molecule has 0 atom stereocenters. The Morgan fingerprint density at radius 3 is 2.69 bits per heavy atom. The highest BCUT2D eigenvalue weighted by Crippen LogP contribution is 2.17. The Balaban J connectivity index is 1.74. The smallest absolute Gasteiger partial charge is 0.397 e. The first-order valence-electron chi connectivity index (χ1n) is 11.6. The molecule has 3 aromatic rings. The molecule has 8 heteroatoms. The summed E-state index contributed by atoms with van der Waals surface area (Å²) < 4.78 is 12.6. The lowest BCUT2D eigenvalue weighted by molar-refractivity contribution is -0.664. The van der Waals surface area contributed by atoms with Gasteiger partial charge >= 0.3 is 11.7 Å². The number of fused-ring (bicyclic) bond motifs is 1. The summed E-state index contributed by atoms with van der Waals surface area (Å²) in [6.45, 7) is 9.30. The molecule has 32 heavy (non-hydrogen) atoms. The van der Waals surface area contributed by atoms with Crippen LogP contribution < -0.4 is 15.0 Å². The minimum atomic E-state index is 0.261. The van der Waals surface area contributed by atoms with E-state index in [1.165, 1.54) is 36.8 Å². The van der Waals surface area contributed by atoms with Crippen LogP contribution in [0.2, 0.25) is 0 Å². The summed E-state index contributed by atoms with van der Waals surface area (Å²) in [6, 6.07) is 9.05. The first-order chi connectivity index (χ1) is 15.6. The molecular weight excluding hydrogens is 404 g/mol. The van der Waals surface area contributed by atoms with Crippen molar-refractivity contribution in [3.05, 3.63) is 41.7 Å². The summed E-state index contributed by atoms with van der Waals surface area (Å²) in [7, 11) is 1.63. The molecule has 3 N–H and O–H groups in total. The number of nitrogens with two attached hydrogens (primary N) is 1. The third-order valence-corrected chi connectivity index (χ3v) is 5.42. The van der Waals surface area contributed by atoms with E-state index < -0.39 is 0 Å². The molecule has 0 spiro atoms. The van der Waals surface area contributed by atoms with Crippen molar-refractivity contribution in [3.63, 3.8) is 0 Å². The number of aromatic nitrogens is 4. The van der Waals surface area contributed by atoms with Gasteiger partial charge in [-0.15, -0.1) is 0 Å². The number of anilines is 1. The topological polar surface area (TPSA) is 93.2 Å². The van der Waals surface area contributed by atoms with Gasteiger partial charge in [-0.3, -0.25) is 9.88 Å². The number of nitrogens with zero attached hydrogens (tertiary/aromatic N) is 4. The van der Waals surface area contributed by atoms with Gasteiger partial charge in [0.2, 0.25) is 5.52 Å². The summed E-state index contributed by atoms with van der Waals surface area (Å²) >= 11 is 0. The summed E-state index contributed by atoms with van der Waals surface area (Å²) in [4.78, 5) is 14.5. The van der Waals surface area contributed by atoms with E-state index >= 15 is 0 Å². The van der Waals surface area contributed by atoms with Crippen molar-refractivity contribution in [1.82, 2.24) is 19.9 Å². The average molecular weight is 442 g/mol. The molecular formula is C24H37N6O2+. The zero-order valence-electron chi connectivity index (χ0n) is 19.6. The van der Waals surface area contributed by atoms with Crippen molar-refractivity contribution in [1.29, 1.82) is 0 Å². The number of unbranched alkanes of at least 4 members (excludes halogenated alkanes) is 2. The molecule has 0 aliphatic rings. The lowest BCUT2D eigenvalue weighted by atomic mass is 10.1. The maximum Gasteiger partial charge on any atom is 0.397 e. The lowest BCUT2D eigenvalue weighted by Gasteiger charge is -2.22. The Morgan fingerprint density at radius 2 is 1.91 bits per heavy atom. The number of imidazole rings is 1. The number of benzene rings is 1. The Bertz CT molecular complexity index is 974. The first kappa shape index (κ1) is 23.9. The van der Waals surface area contributed by atoms with Crippen LogP contribution in [0.25, 0.3) is 11.2 Å². The number of ether oxygens (including phenoxy) is 2. The van der Waals surface area contributed by atoms with Gasteiger partial charge in [-0.25, -0.2) is 4.57 Å². The van der Waals surface area contributed by atoms with E-state index in [1.807, 2.05) is 10.9 Å². The van der Waals surface area contributed by atoms with Gasteiger partial charge in [0.15, 0.2) is 12.1 Å². The van der Waals surface area contributed by atoms with Gasteiger partial charge in [-0.05, 0) is 42.0 Å². The second kappa shape index (κ2) is 12.4. The van der Waals surface area contributed by atoms with Gasteiger partial charge in [0, 0.05) is 13.7 Å². The number of rotatable bonds is 14. The Morgan fingerprint density at radius 1 is 1.06 bits per heavy atom. The van der Waals surface area contributed by atoms with E-state index in [-0.39, 0.29) is 6.01 Å². The van der Waals surface area contributed by atoms with Crippen molar-refractivity contribution < 1.29 is 14.0 Å². The van der Waals surface area contributed by atoms with Crippen LogP contribution in [-0.4, -0.2) is 53.3 Å². The Labute approximate surface area is 190 Å². The highest BCUT2D eigenvalue weighted by molar-refractivity contribution is 5.78. The van der Waals surface area contributed by atoms with Crippen LogP contribution in [0.4, 0.5) is 5.82 Å². The van der Waals surface area contributed by atoms with Gasteiger partial charge in [-0.1, -0.05) is 51.0 Å². The molecule has 0 fully saturated rings. The van der Waals surface area contributed by atoms with Crippen LogP contribution in [-0.2, 0) is 17.8 Å². The monoisotopic (exact) mass is 441 g/mol. The van der Waals surface area contributed by atoms with Gasteiger partial charge in [0.1, 0.15) is 6.61 Å². The number of nitrogen functional groups attached to an aromatic ring is 1. The van der Waals surface area contributed by atoms with Crippen LogP contribution in [0, 0.1) is 0 Å². The van der Waals surface area contributed by atoms with E-state index in [4.69, 9.17) is 15.2 Å². The van der Waals surface area contributed by atoms with Crippen LogP contribution >= 0.6 is 0 Å². The third kappa shape index (κ3) is 6.64. The average Bonchev–Trinajstić information content (AvgIpc) is 3.18. The van der Waals surface area contributed by atoms with E-state index in [9.17, 15) is 0 Å². The van der Waals surface area contributed by atoms with Crippen LogP contribution in [0.5, 0.6) is 6.01 Å². The second-order valence-corrected chi connectivity index (χ2v) is 8.14. The number of hydrogen-bond acceptors (Lipinski definition) is 6. The first-order valence-corrected chi connectivity index (χ1v) is 11.6. The summed E-state index contributed by atoms with van der Waals surface area (Å²) in [5, 5.41) is 0. The normalized spacial score (nSPS) is 11.5. The van der Waals surface area contributed by atoms with Crippen molar-refractivity contribution >= 4 is 17.0 Å². The number of hydrogen-bond donors (Lipinski definition) is 2. The molecule has 0 bridgehead atoms. The minimum Gasteiger partial charge on any atom is -0.449 e. The van der Waals surface area contributed by atoms with E-state index in [1.54, 1.807) is 7.11 Å². The molecule has 2 heterocycles. The Kier molecular flexibility index (Phi) is 9.25. The predicted molar refractivity (Wildman–Crippen MR) is 127 cm³/mol. The molecule has 0 amide bonds. The zero-order chi connectivity index (χ0) is 22.8. The van der Waals surface area contributed by atoms with Gasteiger partial charge in [0.25, 0.3) is 0 Å². The molecule has 3 rings (SSSR count). The van der Waals surface area contributed by atoms with Gasteiger partial charge < -0.3 is 15.2 Å². The molecule has 0 radical (unpaired) electrons. The van der Waals surface area contributed by atoms with Gasteiger partial charge in [0.05, 0.1) is 13.2 Å². The maximum atomic E-state index is 6.11. The lowest BCUT2D eigenvalue weighted by Crippen LogP contribution is -2.33. The minimum absolute atomic E-state index is 0.261. The zero-order valence-corrected chi connectivity index (χ0v) is 19.6. The van der Waals surface area contributed by atoms with Crippen molar-refractivity contribution in [3.8, 4) is 6.01 Å². The van der Waals surface area contributed by atoms with Crippen LogP contribution in [0.3, 0.4) is 0 Å². The number of H-pyrrole nitrogens is 1. The fourth-order valence-electron chi connectivity index (χ4n) is 3.85. The molecule has 174 valence electrons. The summed E-state index contributed by atoms with van der Waals surface area (Å²) in [6.07, 6.45) is 6.86. The van der Waals surface area contributed by atoms with Gasteiger partial charge in [-0.2, -0.15) is 4.98 Å². The van der Waals surface area contributed by atoms with Crippen LogP contribution in [0.15, 0.2) is 30.6 Å². The molecule has 1 aromatic carbocycles. The molecule has 0 unspecified atom stereocenters. The maximum absolute atomic E-state index is 6.11. The molecule has 0 saturated carbocycles. The second-order valence-electron chi connectivity index (χ2n) is 8.14.